The molecule has 6 nitrogen and oxygen atoms in total. The summed E-state index contributed by atoms with van der Waals surface area (Å²) in [5.74, 6) is 1.13. The lowest BCUT2D eigenvalue weighted by Crippen LogP contribution is -2.33. The second-order valence-electron chi connectivity index (χ2n) is 5.33. The highest BCUT2D eigenvalue weighted by molar-refractivity contribution is 5.51. The van der Waals surface area contributed by atoms with Gasteiger partial charge in [-0.1, -0.05) is 18.2 Å². The van der Waals surface area contributed by atoms with Crippen LogP contribution in [0.1, 0.15) is 25.8 Å². The number of aromatic nitrogens is 4. The van der Waals surface area contributed by atoms with Crippen LogP contribution in [0.25, 0.3) is 11.5 Å². The first-order valence-electron chi connectivity index (χ1n) is 7.34. The molecule has 1 aromatic carbocycles. The minimum absolute atomic E-state index is 0.0180. The Balaban J connectivity index is 1.63. The molecule has 0 aliphatic carbocycles. The van der Waals surface area contributed by atoms with Crippen LogP contribution in [0.2, 0.25) is 0 Å². The minimum atomic E-state index is -0.0180. The Labute approximate surface area is 129 Å². The minimum Gasteiger partial charge on any atom is -0.419 e. The molecule has 0 aliphatic rings. The number of benzene rings is 1. The zero-order valence-electron chi connectivity index (χ0n) is 12.7. The van der Waals surface area contributed by atoms with E-state index in [2.05, 4.69) is 27.5 Å². The average Bonchev–Trinajstić information content (AvgIpc) is 3.19. The van der Waals surface area contributed by atoms with Crippen LogP contribution in [0.15, 0.2) is 53.2 Å². The number of hydrogen-bond acceptors (Lipinski definition) is 5. The van der Waals surface area contributed by atoms with Gasteiger partial charge in [0, 0.05) is 24.0 Å². The van der Waals surface area contributed by atoms with Crippen LogP contribution >= 0.6 is 0 Å². The maximum atomic E-state index is 5.76. The molecule has 2 aromatic heterocycles. The highest BCUT2D eigenvalue weighted by Gasteiger charge is 2.17. The summed E-state index contributed by atoms with van der Waals surface area (Å²) in [6.45, 7) is 4.91. The molecule has 2 atom stereocenters. The van der Waals surface area contributed by atoms with E-state index < -0.39 is 0 Å². The first-order valence-corrected chi connectivity index (χ1v) is 7.34. The standard InChI is InChI=1S/C16H19N5O/c1-12(11-21-10-6-9-17-21)18-13(2)15-19-20-16(22-15)14-7-4-3-5-8-14/h3-10,12-13,18H,11H2,1-2H3/t12-,13+/m1/s1. The van der Waals surface area contributed by atoms with Crippen LogP contribution < -0.4 is 5.32 Å². The summed E-state index contributed by atoms with van der Waals surface area (Å²) < 4.78 is 7.66. The van der Waals surface area contributed by atoms with Gasteiger partial charge in [-0.3, -0.25) is 4.68 Å². The lowest BCUT2D eigenvalue weighted by atomic mass is 10.2. The molecule has 0 saturated carbocycles. The lowest BCUT2D eigenvalue weighted by Gasteiger charge is -2.17. The lowest BCUT2D eigenvalue weighted by molar-refractivity contribution is 0.362. The zero-order chi connectivity index (χ0) is 15.4. The van der Waals surface area contributed by atoms with E-state index in [1.165, 1.54) is 0 Å². The van der Waals surface area contributed by atoms with Gasteiger partial charge in [-0.05, 0) is 32.0 Å². The number of rotatable bonds is 6. The van der Waals surface area contributed by atoms with E-state index in [4.69, 9.17) is 4.42 Å². The highest BCUT2D eigenvalue weighted by atomic mass is 16.4. The molecule has 0 radical (unpaired) electrons. The second kappa shape index (κ2) is 6.53. The van der Waals surface area contributed by atoms with E-state index in [1.807, 2.05) is 54.2 Å². The van der Waals surface area contributed by atoms with Gasteiger partial charge in [0.25, 0.3) is 0 Å². The fourth-order valence-corrected chi connectivity index (χ4v) is 2.35. The molecule has 0 saturated heterocycles. The first kappa shape index (κ1) is 14.5. The fraction of sp³-hybridized carbons (Fsp3) is 0.312. The predicted molar refractivity (Wildman–Crippen MR) is 83.0 cm³/mol. The molecule has 2 heterocycles. The van der Waals surface area contributed by atoms with E-state index >= 15 is 0 Å². The van der Waals surface area contributed by atoms with Gasteiger partial charge in [0.1, 0.15) is 0 Å². The van der Waals surface area contributed by atoms with Gasteiger partial charge in [-0.15, -0.1) is 10.2 Å². The SMILES string of the molecule is C[C@H](Cn1cccn1)N[C@@H](C)c1nnc(-c2ccccc2)o1. The Bertz CT molecular complexity index is 692. The van der Waals surface area contributed by atoms with Crippen molar-refractivity contribution < 1.29 is 4.42 Å². The van der Waals surface area contributed by atoms with Crippen LogP contribution in [0.4, 0.5) is 0 Å². The number of hydrogen-bond donors (Lipinski definition) is 1. The number of nitrogens with one attached hydrogen (secondary N) is 1. The van der Waals surface area contributed by atoms with Gasteiger partial charge in [-0.2, -0.15) is 5.10 Å². The van der Waals surface area contributed by atoms with E-state index in [9.17, 15) is 0 Å². The molecule has 0 fully saturated rings. The van der Waals surface area contributed by atoms with E-state index in [-0.39, 0.29) is 12.1 Å². The van der Waals surface area contributed by atoms with Crippen molar-refractivity contribution in [2.24, 2.45) is 0 Å². The third-order valence-electron chi connectivity index (χ3n) is 3.39. The van der Waals surface area contributed by atoms with Crippen molar-refractivity contribution in [3.05, 3.63) is 54.7 Å². The molecule has 114 valence electrons. The van der Waals surface area contributed by atoms with Crippen molar-refractivity contribution >= 4 is 0 Å². The summed E-state index contributed by atoms with van der Waals surface area (Å²) in [7, 11) is 0. The third-order valence-corrected chi connectivity index (χ3v) is 3.39. The Morgan fingerprint density at radius 1 is 1.14 bits per heavy atom. The van der Waals surface area contributed by atoms with Crippen LogP contribution in [0.3, 0.4) is 0 Å². The quantitative estimate of drug-likeness (QED) is 0.757. The summed E-state index contributed by atoms with van der Waals surface area (Å²) in [6.07, 6.45) is 3.73. The normalized spacial score (nSPS) is 13.9. The molecule has 22 heavy (non-hydrogen) atoms. The van der Waals surface area contributed by atoms with E-state index in [1.54, 1.807) is 6.20 Å². The Kier molecular flexibility index (Phi) is 4.29. The van der Waals surface area contributed by atoms with Crippen molar-refractivity contribution in [1.29, 1.82) is 0 Å². The first-order chi connectivity index (χ1) is 10.7. The van der Waals surface area contributed by atoms with Gasteiger partial charge in [-0.25, -0.2) is 0 Å². The van der Waals surface area contributed by atoms with Crippen molar-refractivity contribution in [1.82, 2.24) is 25.3 Å². The second-order valence-corrected chi connectivity index (χ2v) is 5.33. The molecular formula is C16H19N5O. The smallest absolute Gasteiger partial charge is 0.247 e. The van der Waals surface area contributed by atoms with Crippen molar-refractivity contribution in [3.63, 3.8) is 0 Å². The molecule has 0 bridgehead atoms. The van der Waals surface area contributed by atoms with Gasteiger partial charge in [0.15, 0.2) is 0 Å². The average molecular weight is 297 g/mol. The van der Waals surface area contributed by atoms with Crippen LogP contribution in [-0.4, -0.2) is 26.0 Å². The molecular weight excluding hydrogens is 278 g/mol. The molecule has 0 amide bonds. The topological polar surface area (TPSA) is 68.8 Å². The molecule has 0 aliphatic heterocycles. The van der Waals surface area contributed by atoms with E-state index in [0.29, 0.717) is 11.8 Å². The summed E-state index contributed by atoms with van der Waals surface area (Å²) in [6, 6.07) is 11.9. The Hall–Kier alpha value is -2.47. The van der Waals surface area contributed by atoms with E-state index in [0.717, 1.165) is 12.1 Å². The molecule has 3 rings (SSSR count). The predicted octanol–water partition coefficient (Wildman–Crippen LogP) is 2.67. The summed E-state index contributed by atoms with van der Waals surface area (Å²) in [4.78, 5) is 0. The van der Waals surface area contributed by atoms with Crippen molar-refractivity contribution in [2.75, 3.05) is 0 Å². The van der Waals surface area contributed by atoms with Gasteiger partial charge in [0.05, 0.1) is 12.6 Å². The molecule has 0 spiro atoms. The molecule has 3 aromatic rings. The fourth-order valence-electron chi connectivity index (χ4n) is 2.35. The Morgan fingerprint density at radius 2 is 1.95 bits per heavy atom. The largest absolute Gasteiger partial charge is 0.419 e. The monoisotopic (exact) mass is 297 g/mol. The molecule has 0 unspecified atom stereocenters. The van der Waals surface area contributed by atoms with Crippen LogP contribution in [0, 0.1) is 0 Å². The zero-order valence-corrected chi connectivity index (χ0v) is 12.7. The number of nitrogens with zero attached hydrogens (tertiary/aromatic N) is 4. The van der Waals surface area contributed by atoms with Crippen LogP contribution in [-0.2, 0) is 6.54 Å². The van der Waals surface area contributed by atoms with Gasteiger partial charge >= 0.3 is 0 Å². The van der Waals surface area contributed by atoms with Gasteiger partial charge < -0.3 is 9.73 Å². The third kappa shape index (κ3) is 3.40. The molecule has 6 heteroatoms. The van der Waals surface area contributed by atoms with Crippen LogP contribution in [0.5, 0.6) is 0 Å². The van der Waals surface area contributed by atoms with Crippen molar-refractivity contribution in [2.45, 2.75) is 32.5 Å². The summed E-state index contributed by atoms with van der Waals surface area (Å²) in [5, 5.41) is 15.9. The molecule has 1 N–H and O–H groups in total. The summed E-state index contributed by atoms with van der Waals surface area (Å²) >= 11 is 0. The maximum absolute atomic E-state index is 5.76. The Morgan fingerprint density at radius 3 is 2.68 bits per heavy atom. The van der Waals surface area contributed by atoms with Gasteiger partial charge in [0.2, 0.25) is 11.8 Å². The highest BCUT2D eigenvalue weighted by Crippen LogP contribution is 2.20. The van der Waals surface area contributed by atoms with Crippen molar-refractivity contribution in [3.8, 4) is 11.5 Å². The maximum Gasteiger partial charge on any atom is 0.247 e. The summed E-state index contributed by atoms with van der Waals surface area (Å²) in [5.41, 5.74) is 0.929.